The number of hydrogen-bond donors (Lipinski definition) is 2. The Balaban J connectivity index is 1.64. The number of likely N-dealkylation sites (tertiary alicyclic amines) is 1. The summed E-state index contributed by atoms with van der Waals surface area (Å²) in [7, 11) is -3.75. The third kappa shape index (κ3) is 5.60. The molecule has 3 atom stereocenters. The van der Waals surface area contributed by atoms with Crippen LogP contribution >= 0.6 is 0 Å². The van der Waals surface area contributed by atoms with Crippen molar-refractivity contribution in [2.24, 2.45) is 0 Å². The summed E-state index contributed by atoms with van der Waals surface area (Å²) in [6, 6.07) is 10.3. The van der Waals surface area contributed by atoms with E-state index in [0.717, 1.165) is 12.1 Å². The van der Waals surface area contributed by atoms with Crippen LogP contribution in [-0.4, -0.2) is 67.8 Å². The van der Waals surface area contributed by atoms with Gasteiger partial charge < -0.3 is 20.1 Å². The predicted octanol–water partition coefficient (Wildman–Crippen LogP) is 2.96. The largest absolute Gasteiger partial charge is 0.480 e. The number of carboxylic acid groups (broad SMARTS) is 1. The molecular formula is C27H32F2N2O6S. The van der Waals surface area contributed by atoms with Gasteiger partial charge >= 0.3 is 5.97 Å². The van der Waals surface area contributed by atoms with Gasteiger partial charge in [-0.3, -0.25) is 4.79 Å². The summed E-state index contributed by atoms with van der Waals surface area (Å²) in [4.78, 5) is 24.5. The van der Waals surface area contributed by atoms with E-state index in [-0.39, 0.29) is 55.9 Å². The number of amides is 1. The number of carbonyl (C=O) groups excluding carboxylic acids is 1. The molecule has 2 saturated heterocycles. The van der Waals surface area contributed by atoms with E-state index in [0.29, 0.717) is 5.56 Å². The zero-order valence-corrected chi connectivity index (χ0v) is 22.1. The Morgan fingerprint density at radius 3 is 2.39 bits per heavy atom. The standard InChI is InChI=1S/C27H32F2N2O6S/c1-17-24(38(35,36)25(15-30-17)19-6-4-3-5-7-19)13-20-12-23(29)21(14-22(20)28)27(37-16-26(33)34)8-10-31(11-9-27)18(2)32/h3-7,12,14,17,24-25,30H,8-11,13,15-16H2,1-2H3,(H,33,34)/t17-,24?,25-/m0/s1. The Hall–Kier alpha value is -2.89. The molecule has 0 spiro atoms. The zero-order valence-electron chi connectivity index (χ0n) is 21.3. The van der Waals surface area contributed by atoms with Crippen molar-refractivity contribution in [3.8, 4) is 0 Å². The number of benzene rings is 2. The fourth-order valence-electron chi connectivity index (χ4n) is 5.49. The smallest absolute Gasteiger partial charge is 0.329 e. The maximum absolute atomic E-state index is 15.6. The van der Waals surface area contributed by atoms with Crippen molar-refractivity contribution in [2.75, 3.05) is 26.2 Å². The van der Waals surface area contributed by atoms with E-state index in [1.54, 1.807) is 37.3 Å². The van der Waals surface area contributed by atoms with Crippen molar-refractivity contribution in [1.82, 2.24) is 10.2 Å². The molecule has 0 saturated carbocycles. The van der Waals surface area contributed by atoms with Crippen molar-refractivity contribution in [2.45, 2.75) is 55.3 Å². The lowest BCUT2D eigenvalue weighted by Gasteiger charge is -2.41. The molecule has 8 nitrogen and oxygen atoms in total. The predicted molar refractivity (Wildman–Crippen MR) is 136 cm³/mol. The van der Waals surface area contributed by atoms with Crippen LogP contribution in [0, 0.1) is 11.6 Å². The molecule has 0 radical (unpaired) electrons. The van der Waals surface area contributed by atoms with Crippen LogP contribution in [0.5, 0.6) is 0 Å². The summed E-state index contributed by atoms with van der Waals surface area (Å²) in [5, 5.41) is 10.6. The molecule has 2 N–H and O–H groups in total. The van der Waals surface area contributed by atoms with Crippen molar-refractivity contribution in [3.63, 3.8) is 0 Å². The molecular weight excluding hydrogens is 518 g/mol. The normalized spacial score (nSPS) is 24.6. The number of piperidine rings is 1. The number of ether oxygens (including phenoxy) is 1. The van der Waals surface area contributed by atoms with Gasteiger partial charge in [0.25, 0.3) is 0 Å². The van der Waals surface area contributed by atoms with Gasteiger partial charge in [0, 0.05) is 38.2 Å². The van der Waals surface area contributed by atoms with Gasteiger partial charge in [0.15, 0.2) is 9.84 Å². The van der Waals surface area contributed by atoms with Gasteiger partial charge in [-0.05, 0) is 49.4 Å². The third-order valence-corrected chi connectivity index (χ3v) is 10.4. The molecule has 2 heterocycles. The first-order valence-electron chi connectivity index (χ1n) is 12.6. The van der Waals surface area contributed by atoms with Crippen LogP contribution in [0.1, 0.15) is 48.6 Å². The van der Waals surface area contributed by atoms with Gasteiger partial charge in [-0.2, -0.15) is 0 Å². The van der Waals surface area contributed by atoms with E-state index in [4.69, 9.17) is 9.84 Å². The molecule has 2 aromatic carbocycles. The van der Waals surface area contributed by atoms with Crippen LogP contribution in [-0.2, 0) is 36.2 Å². The van der Waals surface area contributed by atoms with Gasteiger partial charge in [-0.15, -0.1) is 0 Å². The molecule has 0 aliphatic carbocycles. The quantitative estimate of drug-likeness (QED) is 0.545. The Morgan fingerprint density at radius 1 is 1.13 bits per heavy atom. The Labute approximate surface area is 220 Å². The maximum Gasteiger partial charge on any atom is 0.329 e. The molecule has 1 amide bonds. The summed E-state index contributed by atoms with van der Waals surface area (Å²) < 4.78 is 63.8. The minimum atomic E-state index is -3.75. The van der Waals surface area contributed by atoms with E-state index in [1.807, 2.05) is 0 Å². The van der Waals surface area contributed by atoms with Crippen molar-refractivity contribution < 1.29 is 36.6 Å². The number of carbonyl (C=O) groups is 2. The van der Waals surface area contributed by atoms with Gasteiger partial charge in [0.05, 0.1) is 10.5 Å². The van der Waals surface area contributed by atoms with E-state index in [9.17, 15) is 18.0 Å². The second-order valence-electron chi connectivity index (χ2n) is 10.0. The minimum Gasteiger partial charge on any atom is -0.480 e. The highest BCUT2D eigenvalue weighted by Gasteiger charge is 2.44. The van der Waals surface area contributed by atoms with Crippen molar-refractivity contribution in [3.05, 3.63) is 70.8 Å². The van der Waals surface area contributed by atoms with Crippen LogP contribution < -0.4 is 5.32 Å². The monoisotopic (exact) mass is 550 g/mol. The van der Waals surface area contributed by atoms with Gasteiger partial charge in [0.2, 0.25) is 5.91 Å². The molecule has 0 aromatic heterocycles. The number of halogens is 2. The average Bonchev–Trinajstić information content (AvgIpc) is 2.87. The fourth-order valence-corrected chi connectivity index (χ4v) is 7.85. The fraction of sp³-hybridized carbons (Fsp3) is 0.481. The second-order valence-corrected chi connectivity index (χ2v) is 12.4. The summed E-state index contributed by atoms with van der Waals surface area (Å²) in [5.74, 6) is -3.04. The number of hydrogen-bond acceptors (Lipinski definition) is 6. The Morgan fingerprint density at radius 2 is 1.79 bits per heavy atom. The van der Waals surface area contributed by atoms with Crippen LogP contribution in [0.2, 0.25) is 0 Å². The number of rotatable bonds is 7. The van der Waals surface area contributed by atoms with Crippen molar-refractivity contribution >= 4 is 21.7 Å². The first-order valence-corrected chi connectivity index (χ1v) is 14.2. The topological polar surface area (TPSA) is 113 Å². The number of nitrogens with one attached hydrogen (secondary N) is 1. The first kappa shape index (κ1) is 28.1. The summed E-state index contributed by atoms with van der Waals surface area (Å²) in [5.41, 5.74) is -1.02. The molecule has 206 valence electrons. The molecule has 2 aliphatic rings. The minimum absolute atomic E-state index is 0.0863. The summed E-state index contributed by atoms with van der Waals surface area (Å²) in [6.45, 7) is 3.01. The number of nitrogens with zero attached hydrogens (tertiary/aromatic N) is 1. The van der Waals surface area contributed by atoms with E-state index < -0.39 is 56.2 Å². The Bertz CT molecular complexity index is 1300. The number of sulfone groups is 1. The lowest BCUT2D eigenvalue weighted by molar-refractivity contribution is -0.158. The van der Waals surface area contributed by atoms with Crippen molar-refractivity contribution in [1.29, 1.82) is 0 Å². The van der Waals surface area contributed by atoms with Gasteiger partial charge in [-0.1, -0.05) is 30.3 Å². The molecule has 2 fully saturated rings. The van der Waals surface area contributed by atoms with E-state index >= 15 is 8.78 Å². The van der Waals surface area contributed by atoms with E-state index in [2.05, 4.69) is 5.32 Å². The second kappa shape index (κ2) is 11.1. The zero-order chi connectivity index (χ0) is 27.7. The molecule has 2 aliphatic heterocycles. The van der Waals surface area contributed by atoms with Crippen LogP contribution in [0.3, 0.4) is 0 Å². The maximum atomic E-state index is 15.6. The molecule has 4 rings (SSSR count). The lowest BCUT2D eigenvalue weighted by atomic mass is 9.82. The van der Waals surface area contributed by atoms with Crippen LogP contribution in [0.4, 0.5) is 8.78 Å². The molecule has 2 aromatic rings. The summed E-state index contributed by atoms with van der Waals surface area (Å²) in [6.07, 6.45) is -0.0531. The first-order chi connectivity index (χ1) is 17.9. The highest BCUT2D eigenvalue weighted by molar-refractivity contribution is 7.92. The van der Waals surface area contributed by atoms with Crippen LogP contribution in [0.25, 0.3) is 0 Å². The molecule has 38 heavy (non-hydrogen) atoms. The summed E-state index contributed by atoms with van der Waals surface area (Å²) >= 11 is 0. The molecule has 1 unspecified atom stereocenters. The third-order valence-electron chi connectivity index (χ3n) is 7.71. The van der Waals surface area contributed by atoms with Crippen LogP contribution in [0.15, 0.2) is 42.5 Å². The Kier molecular flexibility index (Phi) is 8.20. The molecule has 11 heteroatoms. The number of aliphatic carboxylic acids is 1. The number of carboxylic acids is 1. The SMILES string of the molecule is CC(=O)N1CCC(OCC(=O)O)(c2cc(F)c(CC3[C@H](C)NC[C@@H](c4ccccc4)S3(=O)=O)cc2F)CC1. The lowest BCUT2D eigenvalue weighted by Crippen LogP contribution is -2.53. The highest BCUT2D eigenvalue weighted by Crippen LogP contribution is 2.40. The van der Waals surface area contributed by atoms with Gasteiger partial charge in [-0.25, -0.2) is 22.0 Å². The molecule has 0 bridgehead atoms. The average molecular weight is 551 g/mol. The van der Waals surface area contributed by atoms with E-state index in [1.165, 1.54) is 11.8 Å². The van der Waals surface area contributed by atoms with Gasteiger partial charge in [0.1, 0.15) is 23.8 Å². The highest BCUT2D eigenvalue weighted by atomic mass is 32.2.